The van der Waals surface area contributed by atoms with Crippen molar-refractivity contribution in [1.29, 1.82) is 0 Å². The molecule has 7 heteroatoms. The fourth-order valence-electron chi connectivity index (χ4n) is 1.55. The van der Waals surface area contributed by atoms with Crippen molar-refractivity contribution in [2.45, 2.75) is 13.0 Å². The number of sulfone groups is 1. The highest BCUT2D eigenvalue weighted by Gasteiger charge is 2.09. The molecule has 19 heavy (non-hydrogen) atoms. The number of ether oxygens (including phenoxy) is 1. The van der Waals surface area contributed by atoms with Crippen molar-refractivity contribution < 1.29 is 13.2 Å². The summed E-state index contributed by atoms with van der Waals surface area (Å²) in [6.45, 7) is 1.14. The summed E-state index contributed by atoms with van der Waals surface area (Å²) >= 11 is 6.92. The summed E-state index contributed by atoms with van der Waals surface area (Å²) in [5.41, 5.74) is 1.13. The van der Waals surface area contributed by atoms with E-state index in [-0.39, 0.29) is 5.75 Å². The zero-order chi connectivity index (χ0) is 14.5. The van der Waals surface area contributed by atoms with Crippen LogP contribution in [-0.4, -0.2) is 34.1 Å². The van der Waals surface area contributed by atoms with Crippen LogP contribution in [0.4, 0.5) is 0 Å². The van der Waals surface area contributed by atoms with E-state index in [1.807, 2.05) is 19.2 Å². The second-order valence-electron chi connectivity index (χ2n) is 4.25. The zero-order valence-corrected chi connectivity index (χ0v) is 14.9. The van der Waals surface area contributed by atoms with E-state index in [2.05, 4.69) is 37.2 Å². The molecule has 0 spiro atoms. The molecule has 0 fully saturated rings. The van der Waals surface area contributed by atoms with Gasteiger partial charge in [-0.15, -0.1) is 0 Å². The van der Waals surface area contributed by atoms with Crippen molar-refractivity contribution in [2.75, 3.05) is 25.7 Å². The molecule has 0 radical (unpaired) electrons. The Bertz CT molecular complexity index is 509. The van der Waals surface area contributed by atoms with E-state index in [4.69, 9.17) is 4.74 Å². The molecule has 1 aromatic carbocycles. The van der Waals surface area contributed by atoms with Gasteiger partial charge in [0.25, 0.3) is 0 Å². The lowest BCUT2D eigenvalue weighted by Crippen LogP contribution is -2.09. The third-order valence-corrected chi connectivity index (χ3v) is 4.55. The number of nitrogens with one attached hydrogen (secondary N) is 1. The summed E-state index contributed by atoms with van der Waals surface area (Å²) in [7, 11) is -1.04. The largest absolute Gasteiger partial charge is 0.491 e. The van der Waals surface area contributed by atoms with Crippen LogP contribution in [0.2, 0.25) is 0 Å². The third-order valence-electron chi connectivity index (χ3n) is 2.34. The molecule has 0 aliphatic rings. The Morgan fingerprint density at radius 2 is 1.84 bits per heavy atom. The number of rotatable bonds is 7. The van der Waals surface area contributed by atoms with E-state index in [0.29, 0.717) is 18.8 Å². The Labute approximate surface area is 131 Å². The minimum absolute atomic E-state index is 0.139. The van der Waals surface area contributed by atoms with Gasteiger partial charge in [-0.3, -0.25) is 0 Å². The molecule has 1 aromatic rings. The highest BCUT2D eigenvalue weighted by molar-refractivity contribution is 9.11. The van der Waals surface area contributed by atoms with Crippen LogP contribution < -0.4 is 10.1 Å². The number of halogens is 2. The van der Waals surface area contributed by atoms with Crippen LogP contribution in [0.1, 0.15) is 12.0 Å². The maximum absolute atomic E-state index is 11.0. The number of hydrogen-bond donors (Lipinski definition) is 1. The summed E-state index contributed by atoms with van der Waals surface area (Å²) < 4.78 is 29.3. The van der Waals surface area contributed by atoms with Crippen molar-refractivity contribution in [3.8, 4) is 5.75 Å². The van der Waals surface area contributed by atoms with Gasteiger partial charge in [0, 0.05) is 12.8 Å². The van der Waals surface area contributed by atoms with Crippen molar-refractivity contribution >= 4 is 41.7 Å². The van der Waals surface area contributed by atoms with Crippen molar-refractivity contribution in [3.63, 3.8) is 0 Å². The van der Waals surface area contributed by atoms with E-state index in [1.165, 1.54) is 6.26 Å². The molecule has 0 aliphatic heterocycles. The first kappa shape index (κ1) is 16.9. The first-order valence-electron chi connectivity index (χ1n) is 5.76. The maximum Gasteiger partial charge on any atom is 0.147 e. The van der Waals surface area contributed by atoms with Crippen LogP contribution in [0, 0.1) is 0 Å². The molecule has 108 valence electrons. The molecule has 1 rings (SSSR count). The summed E-state index contributed by atoms with van der Waals surface area (Å²) in [5, 5.41) is 3.08. The zero-order valence-electron chi connectivity index (χ0n) is 10.9. The van der Waals surface area contributed by atoms with Gasteiger partial charge in [-0.05, 0) is 63.0 Å². The lowest BCUT2D eigenvalue weighted by atomic mass is 10.2. The van der Waals surface area contributed by atoms with Gasteiger partial charge in [0.05, 0.1) is 21.3 Å². The summed E-state index contributed by atoms with van der Waals surface area (Å²) in [4.78, 5) is 0. The highest BCUT2D eigenvalue weighted by Crippen LogP contribution is 2.34. The van der Waals surface area contributed by atoms with Gasteiger partial charge in [-0.25, -0.2) is 8.42 Å². The fourth-order valence-corrected chi connectivity index (χ4v) is 3.70. The first-order chi connectivity index (χ1) is 8.83. The maximum atomic E-state index is 11.0. The van der Waals surface area contributed by atoms with E-state index >= 15 is 0 Å². The second kappa shape index (κ2) is 7.61. The SMILES string of the molecule is CNCc1cc(Br)c(OCCCS(C)(=O)=O)c(Br)c1. The Kier molecular flexibility index (Phi) is 6.79. The minimum atomic E-state index is -2.92. The predicted octanol–water partition coefficient (Wildman–Crippen LogP) is 2.74. The second-order valence-corrected chi connectivity index (χ2v) is 8.22. The smallest absolute Gasteiger partial charge is 0.147 e. The lowest BCUT2D eigenvalue weighted by Gasteiger charge is -2.12. The van der Waals surface area contributed by atoms with Crippen LogP contribution in [-0.2, 0) is 16.4 Å². The van der Waals surface area contributed by atoms with Crippen molar-refractivity contribution in [1.82, 2.24) is 5.32 Å². The molecule has 0 atom stereocenters. The van der Waals surface area contributed by atoms with Crippen LogP contribution in [0.3, 0.4) is 0 Å². The van der Waals surface area contributed by atoms with Crippen LogP contribution in [0.25, 0.3) is 0 Å². The van der Waals surface area contributed by atoms with Crippen molar-refractivity contribution in [2.24, 2.45) is 0 Å². The normalized spacial score (nSPS) is 11.6. The van der Waals surface area contributed by atoms with Crippen LogP contribution in [0.15, 0.2) is 21.1 Å². The molecule has 0 aliphatic carbocycles. The van der Waals surface area contributed by atoms with Gasteiger partial charge in [0.1, 0.15) is 15.6 Å². The molecule has 0 bridgehead atoms. The van der Waals surface area contributed by atoms with Crippen LogP contribution >= 0.6 is 31.9 Å². The Hall–Kier alpha value is -0.110. The monoisotopic (exact) mass is 413 g/mol. The lowest BCUT2D eigenvalue weighted by molar-refractivity contribution is 0.313. The van der Waals surface area contributed by atoms with Crippen LogP contribution in [0.5, 0.6) is 5.75 Å². The highest BCUT2D eigenvalue weighted by atomic mass is 79.9. The van der Waals surface area contributed by atoms with Gasteiger partial charge in [-0.2, -0.15) is 0 Å². The Balaban J connectivity index is 2.64. The van der Waals surface area contributed by atoms with E-state index in [9.17, 15) is 8.42 Å². The first-order valence-corrected chi connectivity index (χ1v) is 9.41. The van der Waals surface area contributed by atoms with Gasteiger partial charge < -0.3 is 10.1 Å². The molecule has 0 saturated heterocycles. The van der Waals surface area contributed by atoms with E-state index < -0.39 is 9.84 Å². The van der Waals surface area contributed by atoms with Gasteiger partial charge >= 0.3 is 0 Å². The molecule has 0 amide bonds. The number of benzene rings is 1. The van der Waals surface area contributed by atoms with Gasteiger partial charge in [-0.1, -0.05) is 0 Å². The predicted molar refractivity (Wildman–Crippen MR) is 84.4 cm³/mol. The van der Waals surface area contributed by atoms with Crippen molar-refractivity contribution in [3.05, 3.63) is 26.6 Å². The minimum Gasteiger partial charge on any atom is -0.491 e. The Morgan fingerprint density at radius 1 is 1.26 bits per heavy atom. The number of hydrogen-bond acceptors (Lipinski definition) is 4. The van der Waals surface area contributed by atoms with Gasteiger partial charge in [0.15, 0.2) is 0 Å². The molecular formula is C12H17Br2NO3S. The molecule has 0 heterocycles. The Morgan fingerprint density at radius 3 is 2.32 bits per heavy atom. The summed E-state index contributed by atoms with van der Waals surface area (Å²) in [5.74, 6) is 0.841. The standard InChI is InChI=1S/C12H17Br2NO3S/c1-15-8-9-6-10(13)12(11(14)7-9)18-4-3-5-19(2,16)17/h6-7,15H,3-5,8H2,1-2H3. The average Bonchev–Trinajstić information content (AvgIpc) is 2.26. The quantitative estimate of drug-likeness (QED) is 0.697. The van der Waals surface area contributed by atoms with E-state index in [0.717, 1.165) is 21.1 Å². The molecule has 0 unspecified atom stereocenters. The molecule has 1 N–H and O–H groups in total. The third kappa shape index (κ3) is 6.25. The summed E-state index contributed by atoms with van der Waals surface area (Å²) in [6, 6.07) is 3.96. The molecule has 0 saturated carbocycles. The fraction of sp³-hybridized carbons (Fsp3) is 0.500. The topological polar surface area (TPSA) is 55.4 Å². The summed E-state index contributed by atoms with van der Waals surface area (Å²) in [6.07, 6.45) is 1.71. The molecule has 0 aromatic heterocycles. The molecular weight excluding hydrogens is 398 g/mol. The van der Waals surface area contributed by atoms with E-state index in [1.54, 1.807) is 0 Å². The average molecular weight is 415 g/mol. The molecule has 4 nitrogen and oxygen atoms in total. The van der Waals surface area contributed by atoms with Gasteiger partial charge in [0.2, 0.25) is 0 Å².